The molecule has 0 atom stereocenters. The van der Waals surface area contributed by atoms with Gasteiger partial charge >= 0.3 is 11.9 Å². The topological polar surface area (TPSA) is 52.6 Å². The molecule has 0 saturated carbocycles. The highest BCUT2D eigenvalue weighted by molar-refractivity contribution is 6.40. The molecule has 0 fully saturated rings. The predicted molar refractivity (Wildman–Crippen MR) is 102 cm³/mol. The van der Waals surface area contributed by atoms with E-state index in [9.17, 15) is 9.59 Å². The van der Waals surface area contributed by atoms with Gasteiger partial charge < -0.3 is 9.47 Å². The third kappa shape index (κ3) is 6.87. The summed E-state index contributed by atoms with van der Waals surface area (Å²) in [6.45, 7) is 0.303. The second-order valence-corrected chi connectivity index (χ2v) is 6.73. The Kier molecular flexibility index (Phi) is 8.23. The van der Waals surface area contributed by atoms with E-state index in [2.05, 4.69) is 0 Å². The third-order valence-electron chi connectivity index (χ3n) is 3.43. The summed E-state index contributed by atoms with van der Waals surface area (Å²) in [5, 5.41) is 0.581. The number of hydrogen-bond acceptors (Lipinski definition) is 4. The SMILES string of the molecule is O=C(CCC(=O)Oc1c(Cl)cc(Cl)cc1Cl)OCCCc1ccccc1. The van der Waals surface area contributed by atoms with E-state index in [0.29, 0.717) is 11.6 Å². The van der Waals surface area contributed by atoms with Crippen LogP contribution in [0.3, 0.4) is 0 Å². The van der Waals surface area contributed by atoms with Crippen molar-refractivity contribution in [3.8, 4) is 5.75 Å². The second kappa shape index (κ2) is 10.4. The minimum absolute atomic E-state index is 0.0268. The summed E-state index contributed by atoms with van der Waals surface area (Å²) >= 11 is 17.7. The molecular weight excluding hydrogens is 399 g/mol. The zero-order chi connectivity index (χ0) is 18.9. The van der Waals surface area contributed by atoms with Gasteiger partial charge in [-0.25, -0.2) is 0 Å². The monoisotopic (exact) mass is 414 g/mol. The summed E-state index contributed by atoms with van der Waals surface area (Å²) in [6.07, 6.45) is 1.33. The van der Waals surface area contributed by atoms with E-state index < -0.39 is 11.9 Å². The maximum absolute atomic E-state index is 11.8. The zero-order valence-corrected chi connectivity index (χ0v) is 16.1. The lowest BCUT2D eigenvalue weighted by atomic mass is 10.1. The van der Waals surface area contributed by atoms with Crippen molar-refractivity contribution in [2.75, 3.05) is 6.61 Å². The first-order valence-corrected chi connectivity index (χ1v) is 9.14. The molecule has 0 bridgehead atoms. The Bertz CT molecular complexity index is 740. The molecule has 0 radical (unpaired) electrons. The van der Waals surface area contributed by atoms with Crippen molar-refractivity contribution in [1.82, 2.24) is 0 Å². The number of carbonyl (C=O) groups excluding carboxylic acids is 2. The van der Waals surface area contributed by atoms with E-state index in [-0.39, 0.29) is 28.6 Å². The maximum Gasteiger partial charge on any atom is 0.311 e. The fourth-order valence-corrected chi connectivity index (χ4v) is 3.07. The molecule has 0 aliphatic rings. The number of hydrogen-bond donors (Lipinski definition) is 0. The van der Waals surface area contributed by atoms with E-state index in [1.54, 1.807) is 0 Å². The second-order valence-electron chi connectivity index (χ2n) is 5.48. The lowest BCUT2D eigenvalue weighted by Crippen LogP contribution is -2.13. The van der Waals surface area contributed by atoms with E-state index in [4.69, 9.17) is 44.3 Å². The van der Waals surface area contributed by atoms with Gasteiger partial charge in [0, 0.05) is 5.02 Å². The molecule has 0 heterocycles. The molecular formula is C19H17Cl3O4. The minimum atomic E-state index is -0.627. The number of carbonyl (C=O) groups is 2. The molecule has 138 valence electrons. The van der Waals surface area contributed by atoms with E-state index >= 15 is 0 Å². The molecule has 2 aromatic carbocycles. The quantitative estimate of drug-likeness (QED) is 0.324. The van der Waals surface area contributed by atoms with Crippen LogP contribution in [0.4, 0.5) is 0 Å². The van der Waals surface area contributed by atoms with Crippen molar-refractivity contribution in [3.63, 3.8) is 0 Å². The van der Waals surface area contributed by atoms with Gasteiger partial charge in [-0.1, -0.05) is 65.1 Å². The first-order chi connectivity index (χ1) is 12.5. The molecule has 0 aliphatic heterocycles. The lowest BCUT2D eigenvalue weighted by molar-refractivity contribution is -0.147. The van der Waals surface area contributed by atoms with Crippen LogP contribution >= 0.6 is 34.8 Å². The Labute approximate surface area is 167 Å². The highest BCUT2D eigenvalue weighted by Gasteiger charge is 2.15. The molecule has 4 nitrogen and oxygen atoms in total. The van der Waals surface area contributed by atoms with Gasteiger partial charge in [0.1, 0.15) is 0 Å². The van der Waals surface area contributed by atoms with Crippen molar-refractivity contribution in [2.45, 2.75) is 25.7 Å². The van der Waals surface area contributed by atoms with Crippen LogP contribution < -0.4 is 4.74 Å². The van der Waals surface area contributed by atoms with Crippen molar-refractivity contribution < 1.29 is 19.1 Å². The fourth-order valence-electron chi connectivity index (χ4n) is 2.17. The van der Waals surface area contributed by atoms with Crippen molar-refractivity contribution in [2.24, 2.45) is 0 Å². The highest BCUT2D eigenvalue weighted by atomic mass is 35.5. The Balaban J connectivity index is 1.68. The molecule has 0 aliphatic carbocycles. The molecule has 0 aromatic heterocycles. The normalized spacial score (nSPS) is 10.4. The first kappa shape index (κ1) is 20.6. The smallest absolute Gasteiger partial charge is 0.311 e. The maximum atomic E-state index is 11.8. The molecule has 2 rings (SSSR count). The van der Waals surface area contributed by atoms with Crippen LogP contribution in [0.2, 0.25) is 15.1 Å². The summed E-state index contributed by atoms with van der Waals surface area (Å²) < 4.78 is 10.2. The Hall–Kier alpha value is -1.75. The molecule has 7 heteroatoms. The Morgan fingerprint density at radius 3 is 2.15 bits per heavy atom. The van der Waals surface area contributed by atoms with Gasteiger partial charge in [-0.15, -0.1) is 0 Å². The van der Waals surface area contributed by atoms with Crippen LogP contribution in [0.25, 0.3) is 0 Å². The first-order valence-electron chi connectivity index (χ1n) is 8.00. The lowest BCUT2D eigenvalue weighted by Gasteiger charge is -2.09. The van der Waals surface area contributed by atoms with Crippen LogP contribution in [0, 0.1) is 0 Å². The molecule has 0 spiro atoms. The summed E-state index contributed by atoms with van der Waals surface area (Å²) in [6, 6.07) is 12.7. The summed E-state index contributed by atoms with van der Waals surface area (Å²) in [5.41, 5.74) is 1.18. The molecule has 26 heavy (non-hydrogen) atoms. The molecule has 2 aromatic rings. The van der Waals surface area contributed by atoms with Gasteiger partial charge in [0.15, 0.2) is 5.75 Å². The fraction of sp³-hybridized carbons (Fsp3) is 0.263. The third-order valence-corrected chi connectivity index (χ3v) is 4.21. The zero-order valence-electron chi connectivity index (χ0n) is 13.8. The van der Waals surface area contributed by atoms with Crippen molar-refractivity contribution in [3.05, 3.63) is 63.1 Å². The summed E-state index contributed by atoms with van der Waals surface area (Å²) in [5.74, 6) is -1.06. The van der Waals surface area contributed by atoms with Gasteiger partial charge in [-0.2, -0.15) is 0 Å². The van der Waals surface area contributed by atoms with Crippen LogP contribution in [0.1, 0.15) is 24.8 Å². The van der Waals surface area contributed by atoms with Crippen LogP contribution in [-0.2, 0) is 20.7 Å². The van der Waals surface area contributed by atoms with E-state index in [1.807, 2.05) is 30.3 Å². The van der Waals surface area contributed by atoms with Crippen LogP contribution in [-0.4, -0.2) is 18.5 Å². The predicted octanol–water partition coefficient (Wildman–Crippen LogP) is 5.51. The average molecular weight is 416 g/mol. The van der Waals surface area contributed by atoms with E-state index in [1.165, 1.54) is 17.7 Å². The molecule has 0 saturated heterocycles. The Morgan fingerprint density at radius 2 is 1.50 bits per heavy atom. The van der Waals surface area contributed by atoms with Gasteiger partial charge in [0.25, 0.3) is 0 Å². The molecule has 0 unspecified atom stereocenters. The largest absolute Gasteiger partial charge is 0.466 e. The molecule has 0 N–H and O–H groups in total. The number of halogens is 3. The van der Waals surface area contributed by atoms with Crippen LogP contribution in [0.5, 0.6) is 5.75 Å². The van der Waals surface area contributed by atoms with Crippen molar-refractivity contribution >= 4 is 46.7 Å². The van der Waals surface area contributed by atoms with Crippen molar-refractivity contribution in [1.29, 1.82) is 0 Å². The number of ether oxygens (including phenoxy) is 2. The van der Waals surface area contributed by atoms with Gasteiger partial charge in [0.05, 0.1) is 29.5 Å². The van der Waals surface area contributed by atoms with Gasteiger partial charge in [0.2, 0.25) is 0 Å². The van der Waals surface area contributed by atoms with Gasteiger partial charge in [-0.05, 0) is 30.5 Å². The number of benzene rings is 2. The van der Waals surface area contributed by atoms with E-state index in [0.717, 1.165) is 12.8 Å². The molecule has 0 amide bonds. The summed E-state index contributed by atoms with van der Waals surface area (Å²) in [4.78, 5) is 23.5. The van der Waals surface area contributed by atoms with Crippen LogP contribution in [0.15, 0.2) is 42.5 Å². The number of esters is 2. The average Bonchev–Trinajstić information content (AvgIpc) is 2.61. The standard InChI is InChI=1S/C19H17Cl3O4/c20-14-11-15(21)19(16(22)12-14)26-18(24)9-8-17(23)25-10-4-7-13-5-2-1-3-6-13/h1-3,5-6,11-12H,4,7-10H2. The number of rotatable bonds is 8. The minimum Gasteiger partial charge on any atom is -0.466 e. The van der Waals surface area contributed by atoms with Gasteiger partial charge in [-0.3, -0.25) is 9.59 Å². The Morgan fingerprint density at radius 1 is 0.885 bits per heavy atom. The summed E-state index contributed by atoms with van der Waals surface area (Å²) in [7, 11) is 0. The number of aryl methyl sites for hydroxylation is 1. The highest BCUT2D eigenvalue weighted by Crippen LogP contribution is 2.36.